The van der Waals surface area contributed by atoms with Crippen molar-refractivity contribution < 1.29 is 23.7 Å². The lowest BCUT2D eigenvalue weighted by atomic mass is 9.79. The highest BCUT2D eigenvalue weighted by Gasteiger charge is 2.67. The number of carbonyl (C=O) groups is 1. The maximum absolute atomic E-state index is 12.0. The van der Waals surface area contributed by atoms with Crippen molar-refractivity contribution in [1.82, 2.24) is 4.90 Å². The molecule has 0 aromatic carbocycles. The minimum absolute atomic E-state index is 0.132. The third kappa shape index (κ3) is 1.95. The molecule has 6 heteroatoms. The van der Waals surface area contributed by atoms with Crippen LogP contribution in [0.25, 0.3) is 0 Å². The third-order valence-corrected chi connectivity index (χ3v) is 6.64. The Hall–Kier alpha value is -1.53. The molecule has 5 atom stereocenters. The first-order chi connectivity index (χ1) is 12.1. The molecule has 5 aliphatic rings. The number of esters is 1. The molecule has 0 radical (unpaired) electrons. The maximum Gasteiger partial charge on any atom is 0.343 e. The normalized spacial score (nSPS) is 46.0. The fourth-order valence-corrected chi connectivity index (χ4v) is 5.65. The summed E-state index contributed by atoms with van der Waals surface area (Å²) in [6.45, 7) is 6.17. The van der Waals surface area contributed by atoms with Crippen LogP contribution in [-0.4, -0.2) is 49.0 Å². The van der Waals surface area contributed by atoms with Crippen LogP contribution in [-0.2, 0) is 23.7 Å². The highest BCUT2D eigenvalue weighted by molar-refractivity contribution is 5.93. The number of piperidine rings is 1. The van der Waals surface area contributed by atoms with E-state index in [2.05, 4.69) is 11.8 Å². The number of hydrogen-bond acceptors (Lipinski definition) is 6. The zero-order valence-electron chi connectivity index (χ0n) is 15.0. The Balaban J connectivity index is 1.59. The van der Waals surface area contributed by atoms with Crippen molar-refractivity contribution in [2.45, 2.75) is 57.5 Å². The SMILES string of the molecule is COC1=C(C)C(=O)O/C1=C1\O[C@@]23CCCN4CCC[C@@H](O2)C4[C@H]3[C@@H]1C. The Morgan fingerprint density at radius 3 is 2.88 bits per heavy atom. The summed E-state index contributed by atoms with van der Waals surface area (Å²) in [4.78, 5) is 14.6. The fourth-order valence-electron chi connectivity index (χ4n) is 5.65. The van der Waals surface area contributed by atoms with Crippen molar-refractivity contribution in [1.29, 1.82) is 0 Å². The number of cyclic esters (lactones) is 1. The summed E-state index contributed by atoms with van der Waals surface area (Å²) in [6.07, 6.45) is 4.53. The standard InChI is InChI=1S/C19H25NO5/c1-10-13-14-12-6-4-8-20(14)9-5-7-19(13,24-12)25-16(10)17-15(22-3)11(2)18(21)23-17/h10,12-14H,4-9H2,1-3H3/b17-16-/t10-,12+,13+,14?,19+/m0/s1. The topological polar surface area (TPSA) is 57.2 Å². The lowest BCUT2D eigenvalue weighted by Crippen LogP contribution is -2.49. The second-order valence-corrected chi connectivity index (χ2v) is 7.90. The van der Waals surface area contributed by atoms with E-state index in [9.17, 15) is 4.79 Å². The molecule has 0 amide bonds. The van der Waals surface area contributed by atoms with E-state index < -0.39 is 5.79 Å². The van der Waals surface area contributed by atoms with E-state index in [0.29, 0.717) is 23.1 Å². The van der Waals surface area contributed by atoms with Crippen molar-refractivity contribution in [3.8, 4) is 0 Å². The smallest absolute Gasteiger partial charge is 0.343 e. The zero-order valence-corrected chi connectivity index (χ0v) is 15.0. The molecule has 1 unspecified atom stereocenters. The number of hydrogen-bond donors (Lipinski definition) is 0. The molecule has 5 heterocycles. The van der Waals surface area contributed by atoms with Gasteiger partial charge in [0.15, 0.2) is 5.76 Å². The van der Waals surface area contributed by atoms with Crippen LogP contribution in [0, 0.1) is 11.8 Å². The van der Waals surface area contributed by atoms with Crippen LogP contribution in [0.5, 0.6) is 0 Å². The van der Waals surface area contributed by atoms with Crippen LogP contribution < -0.4 is 0 Å². The molecule has 5 rings (SSSR count). The number of allylic oxidation sites excluding steroid dienone is 1. The minimum Gasteiger partial charge on any atom is -0.492 e. The van der Waals surface area contributed by atoms with E-state index in [1.807, 2.05) is 0 Å². The Morgan fingerprint density at radius 2 is 2.08 bits per heavy atom. The summed E-state index contributed by atoms with van der Waals surface area (Å²) in [6, 6.07) is 0.400. The molecule has 6 nitrogen and oxygen atoms in total. The molecule has 0 aromatic heterocycles. The molecule has 0 N–H and O–H groups in total. The first-order valence-electron chi connectivity index (χ1n) is 9.38. The quantitative estimate of drug-likeness (QED) is 0.679. The third-order valence-electron chi connectivity index (χ3n) is 6.64. The molecule has 25 heavy (non-hydrogen) atoms. The summed E-state index contributed by atoms with van der Waals surface area (Å²) in [5, 5.41) is 0. The average Bonchev–Trinajstić information content (AvgIpc) is 3.11. The molecule has 0 aliphatic carbocycles. The second kappa shape index (κ2) is 5.24. The van der Waals surface area contributed by atoms with Gasteiger partial charge in [-0.2, -0.15) is 0 Å². The molecule has 136 valence electrons. The number of carbonyl (C=O) groups excluding carboxylic acids is 1. The monoisotopic (exact) mass is 347 g/mol. The number of ether oxygens (including phenoxy) is 4. The fraction of sp³-hybridized carbons (Fsp3) is 0.737. The van der Waals surface area contributed by atoms with Gasteiger partial charge < -0.3 is 18.9 Å². The lowest BCUT2D eigenvalue weighted by Gasteiger charge is -2.39. The summed E-state index contributed by atoms with van der Waals surface area (Å²) in [5.41, 5.74) is 0.497. The van der Waals surface area contributed by atoms with Gasteiger partial charge >= 0.3 is 5.97 Å². The highest BCUT2D eigenvalue weighted by Crippen LogP contribution is 2.59. The van der Waals surface area contributed by atoms with Crippen LogP contribution in [0.4, 0.5) is 0 Å². The van der Waals surface area contributed by atoms with Crippen molar-refractivity contribution in [2.75, 3.05) is 20.2 Å². The van der Waals surface area contributed by atoms with Crippen LogP contribution in [0.3, 0.4) is 0 Å². The second-order valence-electron chi connectivity index (χ2n) is 7.90. The van der Waals surface area contributed by atoms with Gasteiger partial charge in [-0.15, -0.1) is 0 Å². The number of rotatable bonds is 1. The summed E-state index contributed by atoms with van der Waals surface area (Å²) < 4.78 is 24.0. The molecule has 5 aliphatic heterocycles. The van der Waals surface area contributed by atoms with Gasteiger partial charge in [0.1, 0.15) is 5.76 Å². The van der Waals surface area contributed by atoms with E-state index in [0.717, 1.165) is 38.1 Å². The van der Waals surface area contributed by atoms with Crippen LogP contribution >= 0.6 is 0 Å². The molecule has 2 bridgehead atoms. The maximum atomic E-state index is 12.0. The van der Waals surface area contributed by atoms with Gasteiger partial charge in [0.05, 0.1) is 24.7 Å². The van der Waals surface area contributed by atoms with Crippen molar-refractivity contribution in [2.24, 2.45) is 11.8 Å². The Kier molecular flexibility index (Phi) is 3.29. The van der Waals surface area contributed by atoms with E-state index in [4.69, 9.17) is 18.9 Å². The molecule has 4 fully saturated rings. The molecular formula is C19H25NO5. The van der Waals surface area contributed by atoms with Gasteiger partial charge in [-0.05, 0) is 39.3 Å². The zero-order chi connectivity index (χ0) is 17.3. The largest absolute Gasteiger partial charge is 0.492 e. The average molecular weight is 347 g/mol. The summed E-state index contributed by atoms with van der Waals surface area (Å²) >= 11 is 0. The summed E-state index contributed by atoms with van der Waals surface area (Å²) in [7, 11) is 1.57. The van der Waals surface area contributed by atoms with Gasteiger partial charge in [-0.1, -0.05) is 6.92 Å². The van der Waals surface area contributed by atoms with Gasteiger partial charge in [-0.25, -0.2) is 4.79 Å². The molecule has 4 saturated heterocycles. The molecule has 0 saturated carbocycles. The van der Waals surface area contributed by atoms with E-state index in [-0.39, 0.29) is 23.9 Å². The molecular weight excluding hydrogens is 322 g/mol. The van der Waals surface area contributed by atoms with Crippen LogP contribution in [0.15, 0.2) is 22.9 Å². The Bertz CT molecular complexity index is 692. The number of methoxy groups -OCH3 is 1. The first-order valence-corrected chi connectivity index (χ1v) is 9.38. The molecule has 0 spiro atoms. The minimum atomic E-state index is -0.572. The van der Waals surface area contributed by atoms with Crippen molar-refractivity contribution in [3.63, 3.8) is 0 Å². The molecule has 0 aromatic rings. The van der Waals surface area contributed by atoms with E-state index in [1.165, 1.54) is 6.42 Å². The summed E-state index contributed by atoms with van der Waals surface area (Å²) in [5.74, 6) is 1.15. The van der Waals surface area contributed by atoms with Gasteiger partial charge in [0.25, 0.3) is 0 Å². The van der Waals surface area contributed by atoms with Crippen LogP contribution in [0.2, 0.25) is 0 Å². The van der Waals surface area contributed by atoms with Gasteiger partial charge in [0.2, 0.25) is 11.5 Å². The highest BCUT2D eigenvalue weighted by atomic mass is 16.7. The Labute approximate surface area is 147 Å². The predicted molar refractivity (Wildman–Crippen MR) is 88.0 cm³/mol. The lowest BCUT2D eigenvalue weighted by molar-refractivity contribution is -0.210. The van der Waals surface area contributed by atoms with Crippen molar-refractivity contribution >= 4 is 5.97 Å². The van der Waals surface area contributed by atoms with Gasteiger partial charge in [0, 0.05) is 18.4 Å². The van der Waals surface area contributed by atoms with Gasteiger partial charge in [-0.3, -0.25) is 4.90 Å². The Morgan fingerprint density at radius 1 is 1.28 bits per heavy atom. The van der Waals surface area contributed by atoms with Crippen molar-refractivity contribution in [3.05, 3.63) is 22.9 Å². The van der Waals surface area contributed by atoms with E-state index in [1.54, 1.807) is 14.0 Å². The predicted octanol–water partition coefficient (Wildman–Crippen LogP) is 2.31. The van der Waals surface area contributed by atoms with Crippen LogP contribution in [0.1, 0.15) is 39.5 Å². The van der Waals surface area contributed by atoms with E-state index >= 15 is 0 Å². The number of nitrogens with zero attached hydrogens (tertiary/aromatic N) is 1. The first kappa shape index (κ1) is 15.7.